The molecule has 4 heteroatoms. The number of fused-ring (bicyclic) bond motifs is 3. The number of methoxy groups -OCH3 is 2. The van der Waals surface area contributed by atoms with Gasteiger partial charge in [-0.05, 0) is 41.9 Å². The minimum Gasteiger partial charge on any atom is -0.493 e. The van der Waals surface area contributed by atoms with Crippen molar-refractivity contribution in [3.05, 3.63) is 23.3 Å². The first-order valence-corrected chi connectivity index (χ1v) is 7.36. The van der Waals surface area contributed by atoms with Crippen LogP contribution < -0.4 is 9.47 Å². The smallest absolute Gasteiger partial charge is 0.161 e. The minimum atomic E-state index is -4.11. The Kier molecular flexibility index (Phi) is 1.88. The number of benzene rings is 1. The van der Waals surface area contributed by atoms with E-state index in [0.717, 1.165) is 6.07 Å². The Morgan fingerprint density at radius 1 is 1.54 bits per heavy atom. The second-order valence-electron chi connectivity index (χ2n) is 5.36. The molecule has 0 spiro atoms. The van der Waals surface area contributed by atoms with Crippen molar-refractivity contribution in [3.63, 3.8) is 0 Å². The molecule has 3 atom stereocenters. The first-order chi connectivity index (χ1) is 17.6. The summed E-state index contributed by atoms with van der Waals surface area (Å²) in [6, 6.07) is 0.585. The highest BCUT2D eigenvalue weighted by atomic mass is 16.5. The summed E-state index contributed by atoms with van der Waals surface area (Å²) < 4.78 is 141. The maximum Gasteiger partial charge on any atom is 0.161 e. The Morgan fingerprint density at radius 2 is 2.38 bits per heavy atom. The number of carbonyl (C=O) groups is 1. The molecule has 2 aliphatic heterocycles. The third-order valence-corrected chi connectivity index (χ3v) is 4.01. The van der Waals surface area contributed by atoms with Gasteiger partial charge in [-0.25, -0.2) is 0 Å². The zero-order valence-corrected chi connectivity index (χ0v) is 13.3. The number of nitrogens with zero attached hydrogens (tertiary/aromatic N) is 1. The summed E-state index contributed by atoms with van der Waals surface area (Å²) in [5.41, 5.74) is 0.223. The minimum absolute atomic E-state index is 0.0374. The van der Waals surface area contributed by atoms with Gasteiger partial charge < -0.3 is 9.47 Å². The summed E-state index contributed by atoms with van der Waals surface area (Å²) >= 11 is 0. The van der Waals surface area contributed by atoms with E-state index >= 15 is 0 Å². The molecule has 0 radical (unpaired) electrons. The highest BCUT2D eigenvalue weighted by Gasteiger charge is 2.38. The zero-order chi connectivity index (χ0) is 31.3. The molecule has 1 aromatic carbocycles. The number of piperidine rings is 1. The van der Waals surface area contributed by atoms with Crippen LogP contribution in [-0.4, -0.2) is 37.9 Å². The molecule has 0 amide bonds. The predicted molar refractivity (Wildman–Crippen MR) is 94.8 cm³/mol. The highest BCUT2D eigenvalue weighted by molar-refractivity contribution is 5.83. The number of ether oxygens (including phenoxy) is 2. The summed E-state index contributed by atoms with van der Waals surface area (Å²) in [5, 5.41) is 0. The predicted octanol–water partition coefficient (Wildman–Crippen LogP) is 3.63. The molecular formula is C20H29NO3. The van der Waals surface area contributed by atoms with Crippen molar-refractivity contribution in [2.24, 2.45) is 11.8 Å². The van der Waals surface area contributed by atoms with E-state index in [9.17, 15) is 4.79 Å². The van der Waals surface area contributed by atoms with Crippen LogP contribution in [0.25, 0.3) is 0 Å². The van der Waals surface area contributed by atoms with E-state index in [1.54, 1.807) is 0 Å². The molecule has 2 aliphatic rings. The van der Waals surface area contributed by atoms with Crippen LogP contribution >= 0.6 is 0 Å². The maximum absolute atomic E-state index is 13.8. The number of carbonyl (C=O) groups excluding carboxylic acids is 1. The second-order valence-corrected chi connectivity index (χ2v) is 5.36. The van der Waals surface area contributed by atoms with Crippen molar-refractivity contribution in [2.45, 2.75) is 45.4 Å². The molecule has 1 saturated heterocycles. The Morgan fingerprint density at radius 3 is 3.08 bits per heavy atom. The standard InChI is InChI=1S/C20H29NO3/c1-5-13(2)8-15-12-21-7-6-14-9-19(23-3)20(24-4)10-16(14)17(21)11-18(15)22/h9-10,13,15,17H,5-8,11-12H2,1-4H3/i2D3,3D3,5D2,8D2,11D2,12D2,13D,15D. The summed E-state index contributed by atoms with van der Waals surface area (Å²) in [6.45, 7) is -7.16. The van der Waals surface area contributed by atoms with Gasteiger partial charge in [0.25, 0.3) is 0 Å². The molecule has 0 N–H and O–H groups in total. The molecule has 132 valence electrons. The van der Waals surface area contributed by atoms with E-state index in [1.165, 1.54) is 13.2 Å². The average Bonchev–Trinajstić information content (AvgIpc) is 2.77. The largest absolute Gasteiger partial charge is 0.493 e. The fraction of sp³-hybridized carbons (Fsp3) is 0.650. The summed E-state index contributed by atoms with van der Waals surface area (Å²) in [6.07, 6.45) is -10.8. The lowest BCUT2D eigenvalue weighted by atomic mass is 9.79. The average molecular weight is 348 g/mol. The van der Waals surface area contributed by atoms with E-state index in [0.29, 0.717) is 11.8 Å². The Hall–Kier alpha value is -1.55. The van der Waals surface area contributed by atoms with Gasteiger partial charge in [-0.3, -0.25) is 9.69 Å². The first-order valence-electron chi connectivity index (χ1n) is 15.4. The molecule has 2 heterocycles. The number of hydrogen-bond acceptors (Lipinski definition) is 4. The van der Waals surface area contributed by atoms with Crippen LogP contribution in [0.4, 0.5) is 0 Å². The number of Topliss-reactive ketones (excluding diaryl/α,β-unsaturated/α-hetero) is 1. The van der Waals surface area contributed by atoms with Crippen LogP contribution in [0.5, 0.6) is 11.5 Å². The van der Waals surface area contributed by atoms with Crippen molar-refractivity contribution >= 4 is 5.78 Å². The van der Waals surface area contributed by atoms with Crippen LogP contribution in [0.3, 0.4) is 0 Å². The molecule has 3 unspecified atom stereocenters. The van der Waals surface area contributed by atoms with Crippen molar-refractivity contribution in [1.82, 2.24) is 4.90 Å². The normalized spacial score (nSPS) is 45.6. The topological polar surface area (TPSA) is 38.8 Å². The molecular weight excluding hydrogens is 302 g/mol. The van der Waals surface area contributed by atoms with E-state index in [2.05, 4.69) is 0 Å². The number of hydrogen-bond donors (Lipinski definition) is 0. The molecule has 24 heavy (non-hydrogen) atoms. The third-order valence-electron chi connectivity index (χ3n) is 4.01. The van der Waals surface area contributed by atoms with Gasteiger partial charge in [-0.1, -0.05) is 20.1 Å². The Labute approximate surface area is 167 Å². The molecule has 0 aliphatic carbocycles. The lowest BCUT2D eigenvalue weighted by molar-refractivity contribution is -0.129. The van der Waals surface area contributed by atoms with Gasteiger partial charge in [-0.15, -0.1) is 0 Å². The van der Waals surface area contributed by atoms with E-state index in [-0.39, 0.29) is 29.0 Å². The third kappa shape index (κ3) is 3.16. The van der Waals surface area contributed by atoms with Crippen molar-refractivity contribution in [2.75, 3.05) is 27.2 Å². The quantitative estimate of drug-likeness (QED) is 0.815. The molecule has 1 aromatic rings. The van der Waals surface area contributed by atoms with Gasteiger partial charge in [0.15, 0.2) is 11.5 Å². The number of ketones is 1. The molecule has 3 rings (SSSR count). The highest BCUT2D eigenvalue weighted by Crippen LogP contribution is 2.42. The Bertz CT molecular complexity index is 1170. The molecule has 0 bridgehead atoms. The second kappa shape index (κ2) is 7.14. The molecule has 4 nitrogen and oxygen atoms in total. The van der Waals surface area contributed by atoms with E-state index < -0.39 is 69.7 Å². The van der Waals surface area contributed by atoms with Gasteiger partial charge >= 0.3 is 0 Å². The number of rotatable bonds is 5. The summed E-state index contributed by atoms with van der Waals surface area (Å²) in [4.78, 5) is 14.5. The Balaban J connectivity index is 2.30. The lowest BCUT2D eigenvalue weighted by Crippen LogP contribution is -2.46. The van der Waals surface area contributed by atoms with Crippen molar-refractivity contribution < 1.29 is 36.2 Å². The van der Waals surface area contributed by atoms with Gasteiger partial charge in [-0.2, -0.15) is 0 Å². The lowest BCUT2D eigenvalue weighted by Gasteiger charge is -2.43. The fourth-order valence-corrected chi connectivity index (χ4v) is 2.81. The van der Waals surface area contributed by atoms with Gasteiger partial charge in [0.2, 0.25) is 0 Å². The van der Waals surface area contributed by atoms with Crippen LogP contribution in [0, 0.1) is 11.8 Å². The molecule has 0 saturated carbocycles. The van der Waals surface area contributed by atoms with Gasteiger partial charge in [0.05, 0.1) is 18.3 Å². The van der Waals surface area contributed by atoms with Crippen LogP contribution in [0.2, 0.25) is 0 Å². The van der Waals surface area contributed by atoms with E-state index in [1.807, 2.05) is 0 Å². The first kappa shape index (κ1) is 6.31. The molecule has 1 fully saturated rings. The zero-order valence-electron chi connectivity index (χ0n) is 29.3. The molecule has 0 aromatic heterocycles. The fourth-order valence-electron chi connectivity index (χ4n) is 2.81. The van der Waals surface area contributed by atoms with E-state index in [4.69, 9.17) is 31.4 Å². The maximum atomic E-state index is 13.8. The summed E-state index contributed by atoms with van der Waals surface area (Å²) in [5.74, 6) is -10.3. The van der Waals surface area contributed by atoms with Crippen molar-refractivity contribution in [3.8, 4) is 11.5 Å². The van der Waals surface area contributed by atoms with Crippen LogP contribution in [0.1, 0.15) is 72.0 Å². The van der Waals surface area contributed by atoms with Crippen molar-refractivity contribution in [1.29, 1.82) is 0 Å². The van der Waals surface area contributed by atoms with Crippen LogP contribution in [0.15, 0.2) is 12.1 Å². The monoisotopic (exact) mass is 347 g/mol. The van der Waals surface area contributed by atoms with Gasteiger partial charge in [0, 0.05) is 49.2 Å². The van der Waals surface area contributed by atoms with Crippen LogP contribution in [-0.2, 0) is 11.2 Å². The SMILES string of the molecule is [2H]C([2H])([2H])Oc1cc2c(cc1OC)C1N(CC2)C([2H])([2H])C([2H])(C([2H])([2H])C([2H])(C([2H])([2H])[2H])C([2H])([2H])C)C(=O)C1([2H])[2H]. The summed E-state index contributed by atoms with van der Waals surface area (Å²) in [7, 11) is -1.71. The van der Waals surface area contributed by atoms with Gasteiger partial charge in [0.1, 0.15) is 5.78 Å².